The highest BCUT2D eigenvalue weighted by atomic mass is 16.5. The van der Waals surface area contributed by atoms with Crippen LogP contribution >= 0.6 is 0 Å². The molecule has 0 atom stereocenters. The van der Waals surface area contributed by atoms with Crippen molar-refractivity contribution >= 4 is 0 Å². The predicted molar refractivity (Wildman–Crippen MR) is 79.0 cm³/mol. The van der Waals surface area contributed by atoms with Gasteiger partial charge in [0.05, 0.1) is 13.2 Å². The van der Waals surface area contributed by atoms with Crippen molar-refractivity contribution in [3.05, 3.63) is 34.9 Å². The van der Waals surface area contributed by atoms with Gasteiger partial charge in [-0.25, -0.2) is 0 Å². The van der Waals surface area contributed by atoms with Crippen molar-refractivity contribution in [3.8, 4) is 0 Å². The van der Waals surface area contributed by atoms with Gasteiger partial charge < -0.3 is 15.4 Å². The first kappa shape index (κ1) is 14.5. The van der Waals surface area contributed by atoms with Crippen LogP contribution < -0.4 is 10.6 Å². The van der Waals surface area contributed by atoms with E-state index in [2.05, 4.69) is 49.6 Å². The minimum atomic E-state index is 0.222. The van der Waals surface area contributed by atoms with E-state index >= 15 is 0 Å². The molecule has 0 fully saturated rings. The summed E-state index contributed by atoms with van der Waals surface area (Å²) in [5.74, 6) is 0. The minimum Gasteiger partial charge on any atom is -0.372 e. The Balaban J connectivity index is 1.63. The van der Waals surface area contributed by atoms with Gasteiger partial charge in [-0.15, -0.1) is 0 Å². The van der Waals surface area contributed by atoms with E-state index in [0.717, 1.165) is 39.3 Å². The number of nitrogens with one attached hydrogen (secondary N) is 2. The van der Waals surface area contributed by atoms with E-state index in [4.69, 9.17) is 4.74 Å². The zero-order chi connectivity index (χ0) is 13.7. The highest BCUT2D eigenvalue weighted by Crippen LogP contribution is 2.20. The van der Waals surface area contributed by atoms with Crippen molar-refractivity contribution < 1.29 is 4.74 Å². The molecule has 19 heavy (non-hydrogen) atoms. The second-order valence-corrected chi connectivity index (χ2v) is 6.30. The number of rotatable bonds is 6. The van der Waals surface area contributed by atoms with E-state index in [0.29, 0.717) is 0 Å². The average Bonchev–Trinajstić information content (AvgIpc) is 2.79. The van der Waals surface area contributed by atoms with Crippen LogP contribution in [0, 0.1) is 0 Å². The molecule has 0 bridgehead atoms. The van der Waals surface area contributed by atoms with Crippen molar-refractivity contribution in [1.29, 1.82) is 0 Å². The number of ether oxygens (including phenoxy) is 1. The molecule has 1 aromatic rings. The van der Waals surface area contributed by atoms with Crippen molar-refractivity contribution in [3.63, 3.8) is 0 Å². The van der Waals surface area contributed by atoms with E-state index in [1.54, 1.807) is 0 Å². The Bertz CT molecular complexity index is 410. The van der Waals surface area contributed by atoms with Crippen LogP contribution in [0.4, 0.5) is 0 Å². The molecule has 0 radical (unpaired) electrons. The van der Waals surface area contributed by atoms with Crippen molar-refractivity contribution in [2.75, 3.05) is 13.1 Å². The molecule has 1 aliphatic rings. The second kappa shape index (κ2) is 6.51. The van der Waals surface area contributed by atoms with Gasteiger partial charge in [-0.1, -0.05) is 18.2 Å². The first-order valence-corrected chi connectivity index (χ1v) is 7.19. The van der Waals surface area contributed by atoms with Gasteiger partial charge in [0.2, 0.25) is 0 Å². The first-order chi connectivity index (χ1) is 9.04. The van der Waals surface area contributed by atoms with Gasteiger partial charge >= 0.3 is 0 Å². The summed E-state index contributed by atoms with van der Waals surface area (Å²) in [6.07, 6.45) is 1.16. The molecule has 0 aromatic heterocycles. The molecule has 106 valence electrons. The molecule has 1 heterocycles. The summed E-state index contributed by atoms with van der Waals surface area (Å²) in [6.45, 7) is 11.2. The fourth-order valence-corrected chi connectivity index (χ4v) is 2.24. The fraction of sp³-hybridized carbons (Fsp3) is 0.625. The van der Waals surface area contributed by atoms with E-state index in [-0.39, 0.29) is 5.54 Å². The number of benzene rings is 1. The third-order valence-electron chi connectivity index (χ3n) is 3.30. The van der Waals surface area contributed by atoms with Crippen molar-refractivity contribution in [2.45, 2.75) is 52.5 Å². The molecule has 2 N–H and O–H groups in total. The Labute approximate surface area is 116 Å². The summed E-state index contributed by atoms with van der Waals surface area (Å²) in [7, 11) is 0. The molecule has 2 rings (SSSR count). The number of hydrogen-bond donors (Lipinski definition) is 2. The van der Waals surface area contributed by atoms with E-state index in [9.17, 15) is 0 Å². The Morgan fingerprint density at radius 3 is 2.68 bits per heavy atom. The lowest BCUT2D eigenvalue weighted by Gasteiger charge is -2.20. The summed E-state index contributed by atoms with van der Waals surface area (Å²) in [5.41, 5.74) is 4.28. The molecule has 0 saturated heterocycles. The van der Waals surface area contributed by atoms with Gasteiger partial charge in [0.25, 0.3) is 0 Å². The molecule has 1 aromatic carbocycles. The SMILES string of the molecule is CC(C)(C)NCCCNCc1ccc2c(c1)COC2. The van der Waals surface area contributed by atoms with Gasteiger partial charge in [0.15, 0.2) is 0 Å². The van der Waals surface area contributed by atoms with Gasteiger partial charge in [-0.05, 0) is 57.0 Å². The Morgan fingerprint density at radius 2 is 1.89 bits per heavy atom. The summed E-state index contributed by atoms with van der Waals surface area (Å²) < 4.78 is 5.43. The van der Waals surface area contributed by atoms with Crippen LogP contribution in [-0.4, -0.2) is 18.6 Å². The highest BCUT2D eigenvalue weighted by molar-refractivity contribution is 5.33. The predicted octanol–water partition coefficient (Wildman–Crippen LogP) is 2.58. The van der Waals surface area contributed by atoms with E-state index in [1.807, 2.05) is 0 Å². The maximum absolute atomic E-state index is 5.43. The molecule has 0 unspecified atom stereocenters. The van der Waals surface area contributed by atoms with Crippen LogP contribution in [0.15, 0.2) is 18.2 Å². The van der Waals surface area contributed by atoms with Crippen LogP contribution in [0.3, 0.4) is 0 Å². The van der Waals surface area contributed by atoms with Crippen LogP contribution in [-0.2, 0) is 24.5 Å². The van der Waals surface area contributed by atoms with Crippen LogP contribution in [0.2, 0.25) is 0 Å². The van der Waals surface area contributed by atoms with Gasteiger partial charge in [-0.3, -0.25) is 0 Å². The second-order valence-electron chi connectivity index (χ2n) is 6.30. The molecule has 0 spiro atoms. The lowest BCUT2D eigenvalue weighted by molar-refractivity contribution is 0.134. The standard InChI is InChI=1S/C16H26N2O/c1-16(2,3)18-8-4-7-17-10-13-5-6-14-11-19-12-15(14)9-13/h5-6,9,17-18H,4,7-8,10-12H2,1-3H3. The van der Waals surface area contributed by atoms with Crippen LogP contribution in [0.25, 0.3) is 0 Å². The molecular formula is C16H26N2O. The van der Waals surface area contributed by atoms with Gasteiger partial charge in [-0.2, -0.15) is 0 Å². The summed E-state index contributed by atoms with van der Waals surface area (Å²) in [4.78, 5) is 0. The monoisotopic (exact) mass is 262 g/mol. The third kappa shape index (κ3) is 4.94. The van der Waals surface area contributed by atoms with E-state index < -0.39 is 0 Å². The lowest BCUT2D eigenvalue weighted by atomic mass is 10.1. The molecule has 0 amide bonds. The quantitative estimate of drug-likeness (QED) is 0.773. The summed E-state index contributed by atoms with van der Waals surface area (Å²) >= 11 is 0. The molecule has 3 heteroatoms. The highest BCUT2D eigenvalue weighted by Gasteiger charge is 2.11. The topological polar surface area (TPSA) is 33.3 Å². The molecule has 3 nitrogen and oxygen atoms in total. The first-order valence-electron chi connectivity index (χ1n) is 7.19. The largest absolute Gasteiger partial charge is 0.372 e. The fourth-order valence-electron chi connectivity index (χ4n) is 2.24. The zero-order valence-electron chi connectivity index (χ0n) is 12.4. The maximum atomic E-state index is 5.43. The third-order valence-corrected chi connectivity index (χ3v) is 3.30. The molecular weight excluding hydrogens is 236 g/mol. The average molecular weight is 262 g/mol. The van der Waals surface area contributed by atoms with Crippen molar-refractivity contribution in [1.82, 2.24) is 10.6 Å². The van der Waals surface area contributed by atoms with Crippen molar-refractivity contribution in [2.24, 2.45) is 0 Å². The smallest absolute Gasteiger partial charge is 0.0725 e. The summed E-state index contributed by atoms with van der Waals surface area (Å²) in [5, 5.41) is 7.00. The molecule has 0 aliphatic carbocycles. The number of fused-ring (bicyclic) bond motifs is 1. The zero-order valence-corrected chi connectivity index (χ0v) is 12.4. The number of hydrogen-bond acceptors (Lipinski definition) is 3. The lowest BCUT2D eigenvalue weighted by Crippen LogP contribution is -2.37. The Hall–Kier alpha value is -0.900. The van der Waals surface area contributed by atoms with Crippen LogP contribution in [0.1, 0.15) is 43.9 Å². The van der Waals surface area contributed by atoms with E-state index in [1.165, 1.54) is 16.7 Å². The molecule has 1 aliphatic heterocycles. The Kier molecular flexibility index (Phi) is 4.97. The maximum Gasteiger partial charge on any atom is 0.0725 e. The minimum absolute atomic E-state index is 0.222. The molecule has 0 saturated carbocycles. The van der Waals surface area contributed by atoms with Gasteiger partial charge in [0.1, 0.15) is 0 Å². The van der Waals surface area contributed by atoms with Crippen LogP contribution in [0.5, 0.6) is 0 Å². The normalized spacial score (nSPS) is 14.7. The van der Waals surface area contributed by atoms with Gasteiger partial charge in [0, 0.05) is 12.1 Å². The Morgan fingerprint density at radius 1 is 1.11 bits per heavy atom. The summed E-state index contributed by atoms with van der Waals surface area (Å²) in [6, 6.07) is 6.66.